The molecule has 3 aromatic carbocycles. The second-order valence-electron chi connectivity index (χ2n) is 10.9. The summed E-state index contributed by atoms with van der Waals surface area (Å²) in [6.45, 7) is 2.01. The quantitative estimate of drug-likeness (QED) is 0.238. The van der Waals surface area contributed by atoms with Gasteiger partial charge in [0.15, 0.2) is 0 Å². The predicted molar refractivity (Wildman–Crippen MR) is 166 cm³/mol. The van der Waals surface area contributed by atoms with Gasteiger partial charge in [-0.3, -0.25) is 4.79 Å². The van der Waals surface area contributed by atoms with Crippen molar-refractivity contribution in [2.75, 3.05) is 26.7 Å². The van der Waals surface area contributed by atoms with Crippen LogP contribution in [0.5, 0.6) is 11.5 Å². The number of rotatable bonds is 7. The molecule has 1 aliphatic heterocycles. The molecule has 6 rings (SSSR count). The van der Waals surface area contributed by atoms with Gasteiger partial charge in [0.1, 0.15) is 11.5 Å². The lowest BCUT2D eigenvalue weighted by Crippen LogP contribution is -2.43. The molecule has 1 unspecified atom stereocenters. The molecule has 42 heavy (non-hydrogen) atoms. The summed E-state index contributed by atoms with van der Waals surface area (Å²) in [6, 6.07) is 23.0. The van der Waals surface area contributed by atoms with Gasteiger partial charge >= 0.3 is 6.03 Å². The molecule has 5 aromatic rings. The first kappa shape index (κ1) is 27.4. The van der Waals surface area contributed by atoms with Gasteiger partial charge in [-0.2, -0.15) is 0 Å². The first-order valence-electron chi connectivity index (χ1n) is 14.5. The molecule has 3 N–H and O–H groups in total. The lowest BCUT2D eigenvalue weighted by atomic mass is 9.85. The standard InChI is InChI=1S/C34H36N4O4/c1-37-28-16-7-5-14-26(28)32(39)30(33(37)40)29(22-11-10-12-23(21-22)42-2)31-25(24-13-4-6-15-27(24)36-31)17-18-35-34(41)38-19-8-3-9-20-38/h4-7,10-16,21,29,36,39H,3,8-9,17-20H2,1-2H3,(H,35,41). The highest BCUT2D eigenvalue weighted by atomic mass is 16.5. The number of aromatic hydroxyl groups is 1. The number of nitrogens with one attached hydrogen (secondary N) is 2. The zero-order valence-corrected chi connectivity index (χ0v) is 24.0. The average Bonchev–Trinajstić information content (AvgIpc) is 3.40. The molecule has 8 nitrogen and oxygen atoms in total. The fourth-order valence-corrected chi connectivity index (χ4v) is 6.30. The zero-order valence-electron chi connectivity index (χ0n) is 24.0. The molecular weight excluding hydrogens is 528 g/mol. The van der Waals surface area contributed by atoms with E-state index in [1.807, 2.05) is 71.6 Å². The van der Waals surface area contributed by atoms with Gasteiger partial charge in [-0.25, -0.2) is 4.79 Å². The van der Waals surface area contributed by atoms with Gasteiger partial charge in [0.25, 0.3) is 5.56 Å². The van der Waals surface area contributed by atoms with E-state index in [0.717, 1.165) is 60.1 Å². The molecule has 2 amide bonds. The molecule has 0 saturated carbocycles. The van der Waals surface area contributed by atoms with Crippen molar-refractivity contribution in [3.8, 4) is 11.5 Å². The number of carbonyl (C=O) groups excluding carboxylic acids is 1. The van der Waals surface area contributed by atoms with E-state index in [4.69, 9.17) is 4.74 Å². The minimum absolute atomic E-state index is 0.0375. The number of carbonyl (C=O) groups is 1. The van der Waals surface area contributed by atoms with Crippen LogP contribution >= 0.6 is 0 Å². The Morgan fingerprint density at radius 3 is 2.52 bits per heavy atom. The van der Waals surface area contributed by atoms with Gasteiger partial charge in [-0.1, -0.05) is 42.5 Å². The Morgan fingerprint density at radius 1 is 1.00 bits per heavy atom. The molecule has 1 fully saturated rings. The highest BCUT2D eigenvalue weighted by molar-refractivity contribution is 5.88. The zero-order chi connectivity index (χ0) is 29.2. The van der Waals surface area contributed by atoms with Crippen LogP contribution in [-0.4, -0.2) is 52.3 Å². The molecule has 2 aromatic heterocycles. The molecule has 216 valence electrons. The number of aromatic amines is 1. The van der Waals surface area contributed by atoms with E-state index in [1.165, 1.54) is 0 Å². The van der Waals surface area contributed by atoms with Gasteiger partial charge in [-0.05, 0) is 67.1 Å². The summed E-state index contributed by atoms with van der Waals surface area (Å²) in [5.74, 6) is -0.00538. The Kier molecular flexibility index (Phi) is 7.61. The number of nitrogens with zero attached hydrogens (tertiary/aromatic N) is 2. The van der Waals surface area contributed by atoms with Gasteiger partial charge in [0.2, 0.25) is 0 Å². The first-order chi connectivity index (χ1) is 20.5. The molecule has 1 saturated heterocycles. The molecule has 0 bridgehead atoms. The third kappa shape index (κ3) is 4.98. The Hall–Kier alpha value is -4.72. The van der Waals surface area contributed by atoms with Crippen LogP contribution in [0, 0.1) is 0 Å². The van der Waals surface area contributed by atoms with Crippen LogP contribution in [-0.2, 0) is 13.5 Å². The Labute approximate surface area is 244 Å². The van der Waals surface area contributed by atoms with Crippen LogP contribution in [0.2, 0.25) is 0 Å². The summed E-state index contributed by atoms with van der Waals surface area (Å²) in [5, 5.41) is 16.4. The molecule has 3 heterocycles. The van der Waals surface area contributed by atoms with E-state index in [1.54, 1.807) is 18.7 Å². The number of benzene rings is 3. The van der Waals surface area contributed by atoms with Gasteiger partial charge in [0.05, 0.1) is 24.1 Å². The number of hydrogen-bond donors (Lipinski definition) is 3. The van der Waals surface area contributed by atoms with Crippen molar-refractivity contribution >= 4 is 27.8 Å². The number of hydrogen-bond acceptors (Lipinski definition) is 4. The monoisotopic (exact) mass is 564 g/mol. The summed E-state index contributed by atoms with van der Waals surface area (Å²) in [4.78, 5) is 32.4. The number of piperidine rings is 1. The minimum Gasteiger partial charge on any atom is -0.507 e. The van der Waals surface area contributed by atoms with Crippen molar-refractivity contribution in [1.82, 2.24) is 19.8 Å². The van der Waals surface area contributed by atoms with Crippen molar-refractivity contribution in [1.29, 1.82) is 0 Å². The van der Waals surface area contributed by atoms with Crippen LogP contribution in [0.25, 0.3) is 21.8 Å². The maximum Gasteiger partial charge on any atom is 0.317 e. The number of pyridine rings is 1. The van der Waals surface area contributed by atoms with Crippen LogP contribution in [0.1, 0.15) is 47.6 Å². The largest absolute Gasteiger partial charge is 0.507 e. The molecule has 0 aliphatic carbocycles. The second-order valence-corrected chi connectivity index (χ2v) is 10.9. The van der Waals surface area contributed by atoms with Crippen LogP contribution in [0.4, 0.5) is 4.79 Å². The molecule has 0 spiro atoms. The Balaban J connectivity index is 1.50. The summed E-state index contributed by atoms with van der Waals surface area (Å²) in [6.07, 6.45) is 3.78. The SMILES string of the molecule is COc1cccc(C(c2[nH]c3ccccc3c2CCNC(=O)N2CCCCC2)c2c(O)c3ccccc3n(C)c2=O)c1. The van der Waals surface area contributed by atoms with Gasteiger partial charge in [-0.15, -0.1) is 0 Å². The third-order valence-corrected chi connectivity index (χ3v) is 8.46. The van der Waals surface area contributed by atoms with Crippen LogP contribution in [0.15, 0.2) is 77.6 Å². The van der Waals surface area contributed by atoms with E-state index in [9.17, 15) is 14.7 Å². The number of H-pyrrole nitrogens is 1. The maximum absolute atomic E-state index is 14.0. The predicted octanol–water partition coefficient (Wildman–Crippen LogP) is 5.65. The maximum atomic E-state index is 14.0. The number of methoxy groups -OCH3 is 1. The fourth-order valence-electron chi connectivity index (χ4n) is 6.30. The topological polar surface area (TPSA) is 99.6 Å². The summed E-state index contributed by atoms with van der Waals surface area (Å²) < 4.78 is 7.16. The minimum atomic E-state index is -0.622. The Morgan fingerprint density at radius 2 is 1.74 bits per heavy atom. The van der Waals surface area contributed by atoms with E-state index in [0.29, 0.717) is 29.6 Å². The second kappa shape index (κ2) is 11.6. The van der Waals surface area contributed by atoms with Gasteiger partial charge < -0.3 is 29.6 Å². The number of para-hydroxylation sites is 2. The van der Waals surface area contributed by atoms with Crippen molar-refractivity contribution in [2.45, 2.75) is 31.6 Å². The highest BCUT2D eigenvalue weighted by Gasteiger charge is 2.30. The Bertz CT molecular complexity index is 1820. The molecule has 1 atom stereocenters. The first-order valence-corrected chi connectivity index (χ1v) is 14.5. The summed E-state index contributed by atoms with van der Waals surface area (Å²) in [5.41, 5.74) is 4.20. The number of aromatic nitrogens is 2. The average molecular weight is 565 g/mol. The fraction of sp³-hybridized carbons (Fsp3) is 0.294. The number of ether oxygens (including phenoxy) is 1. The van der Waals surface area contributed by atoms with E-state index in [-0.39, 0.29) is 22.9 Å². The number of fused-ring (bicyclic) bond motifs is 2. The van der Waals surface area contributed by atoms with Crippen LogP contribution < -0.4 is 15.6 Å². The molecular formula is C34H36N4O4. The molecule has 0 radical (unpaired) electrons. The third-order valence-electron chi connectivity index (χ3n) is 8.46. The highest BCUT2D eigenvalue weighted by Crippen LogP contribution is 2.41. The number of urea groups is 1. The number of amides is 2. The van der Waals surface area contributed by atoms with Crippen molar-refractivity contribution < 1.29 is 14.6 Å². The number of likely N-dealkylation sites (tertiary alicyclic amines) is 1. The van der Waals surface area contributed by atoms with Gasteiger partial charge in [0, 0.05) is 48.7 Å². The lowest BCUT2D eigenvalue weighted by Gasteiger charge is -2.27. The molecule has 1 aliphatic rings. The normalized spacial score (nSPS) is 14.3. The van der Waals surface area contributed by atoms with Crippen LogP contribution in [0.3, 0.4) is 0 Å². The number of aryl methyl sites for hydroxylation is 1. The van der Waals surface area contributed by atoms with Crippen molar-refractivity contribution in [3.63, 3.8) is 0 Å². The summed E-state index contributed by atoms with van der Waals surface area (Å²) >= 11 is 0. The van der Waals surface area contributed by atoms with E-state index < -0.39 is 5.92 Å². The lowest BCUT2D eigenvalue weighted by molar-refractivity contribution is 0.186. The van der Waals surface area contributed by atoms with Crippen molar-refractivity contribution in [3.05, 3.63) is 106 Å². The summed E-state index contributed by atoms with van der Waals surface area (Å²) in [7, 11) is 3.35. The smallest absolute Gasteiger partial charge is 0.317 e. The van der Waals surface area contributed by atoms with E-state index >= 15 is 0 Å². The molecule has 8 heteroatoms. The van der Waals surface area contributed by atoms with Crippen molar-refractivity contribution in [2.24, 2.45) is 7.05 Å². The van der Waals surface area contributed by atoms with E-state index in [2.05, 4.69) is 16.4 Å².